The third kappa shape index (κ3) is 2.33. The quantitative estimate of drug-likeness (QED) is 0.855. The van der Waals surface area contributed by atoms with E-state index in [1.807, 2.05) is 0 Å². The number of piperazine rings is 1. The molecule has 4 heteroatoms. The van der Waals surface area contributed by atoms with Gasteiger partial charge in [-0.25, -0.2) is 0 Å². The fraction of sp³-hybridized carbons (Fsp3) is 0.529. The van der Waals surface area contributed by atoms with E-state index in [9.17, 15) is 0 Å². The van der Waals surface area contributed by atoms with Crippen molar-refractivity contribution in [2.75, 3.05) is 26.2 Å². The third-order valence-electron chi connectivity index (χ3n) is 5.22. The van der Waals surface area contributed by atoms with Crippen LogP contribution in [0.3, 0.4) is 0 Å². The Morgan fingerprint density at radius 2 is 2.05 bits per heavy atom. The minimum absolute atomic E-state index is 0.730. The number of nitrogens with zero attached hydrogens (tertiary/aromatic N) is 2. The maximum atomic E-state index is 3.61. The lowest BCUT2D eigenvalue weighted by atomic mass is 9.90. The van der Waals surface area contributed by atoms with Gasteiger partial charge >= 0.3 is 0 Å². The number of fused-ring (bicyclic) bond motifs is 3. The smallest absolute Gasteiger partial charge is 0.0494 e. The van der Waals surface area contributed by atoms with Gasteiger partial charge in [0.1, 0.15) is 0 Å². The number of hydrogen-bond donors (Lipinski definition) is 1. The number of aromatic nitrogens is 1. The van der Waals surface area contributed by atoms with Crippen LogP contribution in [0.2, 0.25) is 0 Å². The first-order valence-corrected chi connectivity index (χ1v) is 8.74. The molecule has 112 valence electrons. The predicted octanol–water partition coefficient (Wildman–Crippen LogP) is 2.70. The highest BCUT2D eigenvalue weighted by Crippen LogP contribution is 2.34. The van der Waals surface area contributed by atoms with Crippen molar-refractivity contribution < 1.29 is 0 Å². The molecular weight excluding hydrogens is 326 g/mol. The highest BCUT2D eigenvalue weighted by molar-refractivity contribution is 9.10. The van der Waals surface area contributed by atoms with Crippen LogP contribution in [-0.4, -0.2) is 41.7 Å². The van der Waals surface area contributed by atoms with Crippen molar-refractivity contribution in [1.29, 1.82) is 0 Å². The van der Waals surface area contributed by atoms with E-state index in [1.165, 1.54) is 47.7 Å². The average molecular weight is 348 g/mol. The Morgan fingerprint density at radius 3 is 2.86 bits per heavy atom. The van der Waals surface area contributed by atoms with E-state index in [0.29, 0.717) is 0 Å². The Bertz CT molecular complexity index is 670. The molecule has 2 aliphatic rings. The summed E-state index contributed by atoms with van der Waals surface area (Å²) in [7, 11) is 2.22. The minimum Gasteiger partial charge on any atom is -0.347 e. The van der Waals surface area contributed by atoms with Gasteiger partial charge in [-0.1, -0.05) is 22.0 Å². The molecular formula is C17H22BrN3. The molecule has 1 fully saturated rings. The Kier molecular flexibility index (Phi) is 3.56. The second-order valence-electron chi connectivity index (χ2n) is 6.33. The van der Waals surface area contributed by atoms with Gasteiger partial charge in [0.25, 0.3) is 0 Å². The molecule has 1 aromatic carbocycles. The topological polar surface area (TPSA) is 20.2 Å². The normalized spacial score (nSPS) is 23.4. The van der Waals surface area contributed by atoms with Crippen molar-refractivity contribution in [3.8, 4) is 0 Å². The van der Waals surface area contributed by atoms with E-state index >= 15 is 0 Å². The zero-order valence-corrected chi connectivity index (χ0v) is 14.1. The number of benzene rings is 1. The van der Waals surface area contributed by atoms with E-state index in [1.54, 1.807) is 11.3 Å². The van der Waals surface area contributed by atoms with Gasteiger partial charge in [0.2, 0.25) is 0 Å². The zero-order chi connectivity index (χ0) is 14.4. The van der Waals surface area contributed by atoms with Crippen LogP contribution < -0.4 is 5.32 Å². The van der Waals surface area contributed by atoms with Crippen LogP contribution in [0.5, 0.6) is 0 Å². The van der Waals surface area contributed by atoms with Crippen LogP contribution in [0.15, 0.2) is 22.7 Å². The summed E-state index contributed by atoms with van der Waals surface area (Å²) < 4.78 is 3.58. The Balaban J connectivity index is 1.71. The van der Waals surface area contributed by atoms with Crippen LogP contribution in [0.4, 0.5) is 0 Å². The Morgan fingerprint density at radius 1 is 1.24 bits per heavy atom. The lowest BCUT2D eigenvalue weighted by Gasteiger charge is -2.37. The molecule has 0 saturated carbocycles. The van der Waals surface area contributed by atoms with Crippen molar-refractivity contribution in [2.45, 2.75) is 25.3 Å². The second-order valence-corrected chi connectivity index (χ2v) is 7.24. The summed E-state index contributed by atoms with van der Waals surface area (Å²) in [5.74, 6) is 0. The van der Waals surface area contributed by atoms with E-state index in [4.69, 9.17) is 0 Å². The van der Waals surface area contributed by atoms with Crippen molar-refractivity contribution in [3.05, 3.63) is 33.9 Å². The fourth-order valence-corrected chi connectivity index (χ4v) is 4.44. The van der Waals surface area contributed by atoms with E-state index in [2.05, 4.69) is 56.0 Å². The summed E-state index contributed by atoms with van der Waals surface area (Å²) in [6.45, 7) is 4.70. The maximum Gasteiger partial charge on any atom is 0.0494 e. The molecule has 1 N–H and O–H groups in total. The number of rotatable bonds is 1. The number of hydrogen-bond acceptors (Lipinski definition) is 2. The highest BCUT2D eigenvalue weighted by Gasteiger charge is 2.28. The summed E-state index contributed by atoms with van der Waals surface area (Å²) in [5.41, 5.74) is 4.51. The molecule has 1 aliphatic heterocycles. The van der Waals surface area contributed by atoms with Gasteiger partial charge < -0.3 is 9.88 Å². The van der Waals surface area contributed by atoms with Crippen LogP contribution in [0, 0.1) is 0 Å². The molecule has 0 bridgehead atoms. The molecule has 2 heterocycles. The van der Waals surface area contributed by atoms with Crippen molar-refractivity contribution >= 4 is 26.8 Å². The first-order valence-electron chi connectivity index (χ1n) is 7.94. The molecule has 1 atom stereocenters. The summed E-state index contributed by atoms with van der Waals surface area (Å²) in [6.07, 6.45) is 3.74. The summed E-state index contributed by atoms with van der Waals surface area (Å²) in [5, 5.41) is 4.92. The first kappa shape index (κ1) is 13.8. The van der Waals surface area contributed by atoms with Crippen molar-refractivity contribution in [3.63, 3.8) is 0 Å². The SMILES string of the molecule is Cn1c2c(c3ccc(Br)cc31)CC(N1CCNCC1)CC2. The van der Waals surface area contributed by atoms with Gasteiger partial charge in [0.15, 0.2) is 0 Å². The molecule has 2 aromatic rings. The molecule has 1 unspecified atom stereocenters. The Labute approximate surface area is 134 Å². The molecule has 1 aliphatic carbocycles. The number of halogens is 1. The van der Waals surface area contributed by atoms with Gasteiger partial charge in [0, 0.05) is 60.3 Å². The van der Waals surface area contributed by atoms with Gasteiger partial charge in [-0.15, -0.1) is 0 Å². The van der Waals surface area contributed by atoms with E-state index in [-0.39, 0.29) is 0 Å². The molecule has 1 aromatic heterocycles. The lowest BCUT2D eigenvalue weighted by Crippen LogP contribution is -2.50. The fourth-order valence-electron chi connectivity index (χ4n) is 4.09. The van der Waals surface area contributed by atoms with Crippen LogP contribution in [-0.2, 0) is 19.9 Å². The van der Waals surface area contributed by atoms with Gasteiger partial charge in [0.05, 0.1) is 0 Å². The number of nitrogens with one attached hydrogen (secondary N) is 1. The molecule has 1 saturated heterocycles. The standard InChI is InChI=1S/C17H22BrN3/c1-20-16-5-3-13(21-8-6-19-7-9-21)11-15(16)14-4-2-12(18)10-17(14)20/h2,4,10,13,19H,3,5-9,11H2,1H3. The summed E-state index contributed by atoms with van der Waals surface area (Å²) >= 11 is 3.61. The average Bonchev–Trinajstić information content (AvgIpc) is 2.80. The van der Waals surface area contributed by atoms with E-state index in [0.717, 1.165) is 19.1 Å². The summed E-state index contributed by atoms with van der Waals surface area (Å²) in [4.78, 5) is 2.69. The predicted molar refractivity (Wildman–Crippen MR) is 90.9 cm³/mol. The molecule has 3 nitrogen and oxygen atoms in total. The largest absolute Gasteiger partial charge is 0.347 e. The van der Waals surface area contributed by atoms with Gasteiger partial charge in [-0.05, 0) is 37.0 Å². The lowest BCUT2D eigenvalue weighted by molar-refractivity contribution is 0.159. The van der Waals surface area contributed by atoms with E-state index < -0.39 is 0 Å². The number of aryl methyl sites for hydroxylation is 1. The first-order chi connectivity index (χ1) is 10.2. The van der Waals surface area contributed by atoms with Gasteiger partial charge in [-0.3, -0.25) is 4.90 Å². The monoisotopic (exact) mass is 347 g/mol. The minimum atomic E-state index is 0.730. The molecule has 4 rings (SSSR count). The van der Waals surface area contributed by atoms with Crippen LogP contribution in [0.25, 0.3) is 10.9 Å². The van der Waals surface area contributed by atoms with Crippen molar-refractivity contribution in [2.24, 2.45) is 7.05 Å². The van der Waals surface area contributed by atoms with Crippen LogP contribution in [0.1, 0.15) is 17.7 Å². The molecule has 21 heavy (non-hydrogen) atoms. The summed E-state index contributed by atoms with van der Waals surface area (Å²) in [6, 6.07) is 7.46. The maximum absolute atomic E-state index is 3.61. The van der Waals surface area contributed by atoms with Gasteiger partial charge in [-0.2, -0.15) is 0 Å². The molecule has 0 radical (unpaired) electrons. The van der Waals surface area contributed by atoms with Crippen LogP contribution >= 0.6 is 15.9 Å². The third-order valence-corrected chi connectivity index (χ3v) is 5.71. The molecule has 0 amide bonds. The van der Waals surface area contributed by atoms with Crippen molar-refractivity contribution in [1.82, 2.24) is 14.8 Å². The Hall–Kier alpha value is -0.840. The molecule has 0 spiro atoms. The highest BCUT2D eigenvalue weighted by atomic mass is 79.9. The zero-order valence-electron chi connectivity index (χ0n) is 12.5. The second kappa shape index (κ2) is 5.41.